The molecule has 1 aliphatic rings. The van der Waals surface area contributed by atoms with Crippen molar-refractivity contribution < 1.29 is 9.84 Å². The fraction of sp³-hybridized carbons (Fsp3) is 0.438. The van der Waals surface area contributed by atoms with Crippen molar-refractivity contribution in [3.8, 4) is 0 Å². The highest BCUT2D eigenvalue weighted by Crippen LogP contribution is 2.30. The number of pyridine rings is 1. The predicted molar refractivity (Wildman–Crippen MR) is 75.0 cm³/mol. The largest absolute Gasteiger partial charge is 0.388 e. The lowest BCUT2D eigenvalue weighted by molar-refractivity contribution is -0.00991. The zero-order valence-corrected chi connectivity index (χ0v) is 11.2. The molecule has 3 rings (SSSR count). The van der Waals surface area contributed by atoms with E-state index in [0.717, 1.165) is 41.6 Å². The van der Waals surface area contributed by atoms with Crippen LogP contribution in [0.2, 0.25) is 0 Å². The number of aromatic nitrogens is 1. The van der Waals surface area contributed by atoms with Crippen molar-refractivity contribution in [2.75, 3.05) is 13.2 Å². The Hall–Kier alpha value is -1.45. The van der Waals surface area contributed by atoms with Crippen LogP contribution in [0.15, 0.2) is 30.3 Å². The van der Waals surface area contributed by atoms with Gasteiger partial charge in [-0.2, -0.15) is 0 Å². The molecule has 3 heteroatoms. The molecular formula is C16H19NO2. The van der Waals surface area contributed by atoms with E-state index >= 15 is 0 Å². The van der Waals surface area contributed by atoms with E-state index < -0.39 is 6.10 Å². The molecule has 19 heavy (non-hydrogen) atoms. The van der Waals surface area contributed by atoms with Gasteiger partial charge in [-0.1, -0.05) is 12.1 Å². The summed E-state index contributed by atoms with van der Waals surface area (Å²) in [6.07, 6.45) is 1.63. The van der Waals surface area contributed by atoms with E-state index in [1.807, 2.05) is 31.2 Å². The Bertz CT molecular complexity index is 576. The van der Waals surface area contributed by atoms with E-state index in [-0.39, 0.29) is 5.92 Å². The summed E-state index contributed by atoms with van der Waals surface area (Å²) < 4.78 is 5.46. The van der Waals surface area contributed by atoms with Gasteiger partial charge in [0.15, 0.2) is 0 Å². The van der Waals surface area contributed by atoms with Crippen LogP contribution in [0, 0.1) is 12.8 Å². The van der Waals surface area contributed by atoms with Crippen molar-refractivity contribution in [2.45, 2.75) is 25.9 Å². The Morgan fingerprint density at radius 3 is 3.00 bits per heavy atom. The molecule has 0 amide bonds. The quantitative estimate of drug-likeness (QED) is 0.899. The van der Waals surface area contributed by atoms with Crippen LogP contribution < -0.4 is 0 Å². The van der Waals surface area contributed by atoms with Gasteiger partial charge in [0.25, 0.3) is 0 Å². The maximum atomic E-state index is 10.5. The fourth-order valence-corrected chi connectivity index (χ4v) is 2.72. The van der Waals surface area contributed by atoms with Gasteiger partial charge in [0.1, 0.15) is 0 Å². The molecule has 2 unspecified atom stereocenters. The zero-order chi connectivity index (χ0) is 13.2. The smallest absolute Gasteiger partial charge is 0.0840 e. The number of hydrogen-bond donors (Lipinski definition) is 1. The third-order valence-electron chi connectivity index (χ3n) is 3.84. The Labute approximate surface area is 113 Å². The van der Waals surface area contributed by atoms with Crippen molar-refractivity contribution in [2.24, 2.45) is 5.92 Å². The molecular weight excluding hydrogens is 238 g/mol. The van der Waals surface area contributed by atoms with Crippen LogP contribution in [0.25, 0.3) is 10.9 Å². The van der Waals surface area contributed by atoms with Crippen LogP contribution in [0.4, 0.5) is 0 Å². The van der Waals surface area contributed by atoms with E-state index in [4.69, 9.17) is 4.74 Å². The first-order valence-electron chi connectivity index (χ1n) is 6.87. The van der Waals surface area contributed by atoms with Crippen LogP contribution in [0.3, 0.4) is 0 Å². The van der Waals surface area contributed by atoms with Crippen molar-refractivity contribution in [1.82, 2.24) is 4.98 Å². The van der Waals surface area contributed by atoms with Crippen molar-refractivity contribution in [1.29, 1.82) is 0 Å². The van der Waals surface area contributed by atoms with Gasteiger partial charge >= 0.3 is 0 Å². The molecule has 1 fully saturated rings. The van der Waals surface area contributed by atoms with Crippen molar-refractivity contribution in [3.05, 3.63) is 41.6 Å². The number of aryl methyl sites for hydroxylation is 1. The first-order chi connectivity index (χ1) is 9.24. The summed E-state index contributed by atoms with van der Waals surface area (Å²) in [4.78, 5) is 4.48. The van der Waals surface area contributed by atoms with E-state index in [9.17, 15) is 5.11 Å². The summed E-state index contributed by atoms with van der Waals surface area (Å²) in [5.74, 6) is 0.213. The first kappa shape index (κ1) is 12.6. The molecule has 2 atom stereocenters. The summed E-state index contributed by atoms with van der Waals surface area (Å²) in [7, 11) is 0. The Morgan fingerprint density at radius 1 is 1.32 bits per heavy atom. The van der Waals surface area contributed by atoms with Gasteiger partial charge in [-0.15, -0.1) is 0 Å². The molecule has 1 saturated heterocycles. The molecule has 0 saturated carbocycles. The summed E-state index contributed by atoms with van der Waals surface area (Å²) in [5, 5.41) is 11.5. The highest BCUT2D eigenvalue weighted by molar-refractivity contribution is 5.79. The monoisotopic (exact) mass is 257 g/mol. The highest BCUT2D eigenvalue weighted by atomic mass is 16.5. The number of ether oxygens (including phenoxy) is 1. The maximum Gasteiger partial charge on any atom is 0.0840 e. The highest BCUT2D eigenvalue weighted by Gasteiger charge is 2.23. The standard InChI is InChI=1S/C16H19NO2/c1-11-4-5-12-9-13(6-7-15(12)17-11)16(18)14-3-2-8-19-10-14/h4-7,9,14,16,18H,2-3,8,10H2,1H3. The lowest BCUT2D eigenvalue weighted by Gasteiger charge is -2.27. The van der Waals surface area contributed by atoms with E-state index in [1.54, 1.807) is 0 Å². The molecule has 2 heterocycles. The minimum Gasteiger partial charge on any atom is -0.388 e. The first-order valence-corrected chi connectivity index (χ1v) is 6.87. The maximum absolute atomic E-state index is 10.5. The number of fused-ring (bicyclic) bond motifs is 1. The molecule has 0 spiro atoms. The second-order valence-electron chi connectivity index (χ2n) is 5.33. The summed E-state index contributed by atoms with van der Waals surface area (Å²) in [6, 6.07) is 10.1. The molecule has 100 valence electrons. The molecule has 1 aliphatic heterocycles. The molecule has 0 radical (unpaired) electrons. The van der Waals surface area contributed by atoms with Crippen LogP contribution >= 0.6 is 0 Å². The van der Waals surface area contributed by atoms with Gasteiger partial charge < -0.3 is 9.84 Å². The topological polar surface area (TPSA) is 42.4 Å². The van der Waals surface area contributed by atoms with Crippen LogP contribution in [-0.4, -0.2) is 23.3 Å². The Kier molecular flexibility index (Phi) is 3.49. The van der Waals surface area contributed by atoms with Gasteiger partial charge in [-0.05, 0) is 43.5 Å². The Balaban J connectivity index is 1.89. The van der Waals surface area contributed by atoms with Gasteiger partial charge in [-0.3, -0.25) is 4.98 Å². The molecule has 0 aliphatic carbocycles. The van der Waals surface area contributed by atoms with E-state index in [1.165, 1.54) is 0 Å². The Morgan fingerprint density at radius 2 is 2.21 bits per heavy atom. The SMILES string of the molecule is Cc1ccc2cc(C(O)C3CCCOC3)ccc2n1. The second kappa shape index (κ2) is 5.27. The van der Waals surface area contributed by atoms with Crippen molar-refractivity contribution in [3.63, 3.8) is 0 Å². The van der Waals surface area contributed by atoms with Crippen molar-refractivity contribution >= 4 is 10.9 Å². The summed E-state index contributed by atoms with van der Waals surface area (Å²) in [6.45, 7) is 3.47. The lowest BCUT2D eigenvalue weighted by Crippen LogP contribution is -2.23. The third-order valence-corrected chi connectivity index (χ3v) is 3.84. The van der Waals surface area contributed by atoms with E-state index in [2.05, 4.69) is 11.1 Å². The summed E-state index contributed by atoms with van der Waals surface area (Å²) in [5.41, 5.74) is 2.96. The minimum atomic E-state index is -0.439. The number of hydrogen-bond acceptors (Lipinski definition) is 3. The minimum absolute atomic E-state index is 0.213. The van der Waals surface area contributed by atoms with Crippen LogP contribution in [0.5, 0.6) is 0 Å². The number of aliphatic hydroxyl groups excluding tert-OH is 1. The average molecular weight is 257 g/mol. The number of benzene rings is 1. The second-order valence-corrected chi connectivity index (χ2v) is 5.33. The molecule has 1 aromatic carbocycles. The molecule has 2 aromatic rings. The molecule has 0 bridgehead atoms. The van der Waals surface area contributed by atoms with Crippen LogP contribution in [0.1, 0.15) is 30.2 Å². The summed E-state index contributed by atoms with van der Waals surface area (Å²) >= 11 is 0. The van der Waals surface area contributed by atoms with E-state index in [0.29, 0.717) is 6.61 Å². The van der Waals surface area contributed by atoms with Gasteiger partial charge in [0.05, 0.1) is 18.2 Å². The molecule has 1 aromatic heterocycles. The lowest BCUT2D eigenvalue weighted by atomic mass is 9.90. The molecule has 3 nitrogen and oxygen atoms in total. The normalized spacial score (nSPS) is 21.5. The van der Waals surface area contributed by atoms with Gasteiger partial charge in [0, 0.05) is 23.6 Å². The zero-order valence-electron chi connectivity index (χ0n) is 11.2. The van der Waals surface area contributed by atoms with Crippen LogP contribution in [-0.2, 0) is 4.74 Å². The third kappa shape index (κ3) is 2.62. The fourth-order valence-electron chi connectivity index (χ4n) is 2.72. The van der Waals surface area contributed by atoms with Gasteiger partial charge in [-0.25, -0.2) is 0 Å². The van der Waals surface area contributed by atoms with Gasteiger partial charge in [0.2, 0.25) is 0 Å². The number of rotatable bonds is 2. The predicted octanol–water partition coefficient (Wildman–Crippen LogP) is 3.00. The number of aliphatic hydroxyl groups is 1. The number of nitrogens with zero attached hydrogens (tertiary/aromatic N) is 1. The molecule has 1 N–H and O–H groups in total. The average Bonchev–Trinajstić information content (AvgIpc) is 2.47.